The van der Waals surface area contributed by atoms with Crippen molar-refractivity contribution in [1.29, 1.82) is 0 Å². The second-order valence-electron chi connectivity index (χ2n) is 6.58. The van der Waals surface area contributed by atoms with E-state index in [0.717, 1.165) is 0 Å². The molecule has 2 saturated heterocycles. The second-order valence-corrected chi connectivity index (χ2v) is 6.58. The second kappa shape index (κ2) is 10.3. The van der Waals surface area contributed by atoms with Gasteiger partial charge in [-0.2, -0.15) is 0 Å². The molecule has 13 heteroatoms. The Morgan fingerprint density at radius 3 is 2.14 bits per heavy atom. The molecule has 0 aromatic heterocycles. The zero-order chi connectivity index (χ0) is 21.0. The lowest BCUT2D eigenvalue weighted by atomic mass is 10.0. The highest BCUT2D eigenvalue weighted by Gasteiger charge is 2.46. The summed E-state index contributed by atoms with van der Waals surface area (Å²) in [5.41, 5.74) is 0. The molecule has 2 aliphatic heterocycles. The smallest absolute Gasteiger partial charge is 0.186 e. The Labute approximate surface area is 159 Å². The van der Waals surface area contributed by atoms with Crippen LogP contribution in [0.3, 0.4) is 0 Å². The predicted octanol–water partition coefficient (Wildman–Crippen LogP) is -5.81. The zero-order valence-electron chi connectivity index (χ0n) is 14.7. The lowest BCUT2D eigenvalue weighted by Crippen LogP contribution is -2.60. The monoisotopic (exact) mass is 414 g/mol. The van der Waals surface area contributed by atoms with Crippen molar-refractivity contribution >= 4 is 6.29 Å². The third kappa shape index (κ3) is 5.21. The van der Waals surface area contributed by atoms with Gasteiger partial charge in [0.2, 0.25) is 0 Å². The van der Waals surface area contributed by atoms with E-state index in [-0.39, 0.29) is 19.5 Å². The van der Waals surface area contributed by atoms with Crippen molar-refractivity contribution in [2.75, 3.05) is 19.8 Å². The van der Waals surface area contributed by atoms with Crippen molar-refractivity contribution in [3.05, 3.63) is 0 Å². The first kappa shape index (κ1) is 23.5. The van der Waals surface area contributed by atoms with Gasteiger partial charge in [-0.05, 0) is 0 Å². The average molecular weight is 414 g/mol. The standard InChI is InChI=1S/C15H26O13/c16-1-5(18)9(20)7(2-17)27-15-13(24)11(22)8(4-26-15)28-14-12(23)10(21)6(19)3-25-14/h1,5-15,17-24H,2-4H2/t5-,6+,7+,8+,9+,10-,11-,12+,13+,14-,15-/m0/s1. The van der Waals surface area contributed by atoms with E-state index < -0.39 is 74.1 Å². The minimum atomic E-state index is -1.84. The van der Waals surface area contributed by atoms with E-state index in [0.29, 0.717) is 0 Å². The largest absolute Gasteiger partial charge is 0.394 e. The molecule has 28 heavy (non-hydrogen) atoms. The number of carbonyl (C=O) groups is 1. The van der Waals surface area contributed by atoms with Gasteiger partial charge in [0.1, 0.15) is 54.9 Å². The topological polar surface area (TPSA) is 216 Å². The van der Waals surface area contributed by atoms with Gasteiger partial charge < -0.3 is 64.6 Å². The summed E-state index contributed by atoms with van der Waals surface area (Å²) >= 11 is 0. The molecule has 0 bridgehead atoms. The van der Waals surface area contributed by atoms with Gasteiger partial charge in [0, 0.05) is 0 Å². The summed E-state index contributed by atoms with van der Waals surface area (Å²) in [6.45, 7) is -1.52. The maximum absolute atomic E-state index is 10.5. The quantitative estimate of drug-likeness (QED) is 0.174. The van der Waals surface area contributed by atoms with E-state index in [2.05, 4.69) is 0 Å². The molecule has 0 aromatic carbocycles. The Morgan fingerprint density at radius 2 is 1.54 bits per heavy atom. The van der Waals surface area contributed by atoms with Gasteiger partial charge in [-0.3, -0.25) is 0 Å². The molecule has 13 nitrogen and oxygen atoms in total. The van der Waals surface area contributed by atoms with Crippen LogP contribution < -0.4 is 0 Å². The zero-order valence-corrected chi connectivity index (χ0v) is 14.7. The number of ether oxygens (including phenoxy) is 4. The van der Waals surface area contributed by atoms with Gasteiger partial charge in [-0.15, -0.1) is 0 Å². The molecule has 164 valence electrons. The Bertz CT molecular complexity index is 493. The molecule has 8 N–H and O–H groups in total. The fourth-order valence-corrected chi connectivity index (χ4v) is 2.78. The van der Waals surface area contributed by atoms with E-state index in [9.17, 15) is 45.6 Å². The van der Waals surface area contributed by atoms with E-state index in [1.807, 2.05) is 0 Å². The molecule has 0 unspecified atom stereocenters. The molecule has 2 aliphatic rings. The third-order valence-electron chi connectivity index (χ3n) is 4.56. The van der Waals surface area contributed by atoms with Crippen LogP contribution in [-0.4, -0.2) is 134 Å². The van der Waals surface area contributed by atoms with E-state index >= 15 is 0 Å². The first-order chi connectivity index (χ1) is 13.2. The average Bonchev–Trinajstić information content (AvgIpc) is 2.69. The number of hydrogen-bond acceptors (Lipinski definition) is 13. The minimum Gasteiger partial charge on any atom is -0.394 e. The van der Waals surface area contributed by atoms with E-state index in [1.54, 1.807) is 0 Å². The fraction of sp³-hybridized carbons (Fsp3) is 0.933. The molecule has 0 radical (unpaired) electrons. The van der Waals surface area contributed by atoms with Crippen LogP contribution in [-0.2, 0) is 23.7 Å². The van der Waals surface area contributed by atoms with Crippen LogP contribution in [0.2, 0.25) is 0 Å². The first-order valence-electron chi connectivity index (χ1n) is 8.58. The summed E-state index contributed by atoms with van der Waals surface area (Å²) in [5.74, 6) is 0. The van der Waals surface area contributed by atoms with Crippen molar-refractivity contribution in [1.82, 2.24) is 0 Å². The SMILES string of the molecule is O=C[C@H](O)[C@@H](O)[C@@H](CO)O[C@@H]1OC[C@@H](O[C@@H]2OC[C@@H](O)[C@H](O)[C@H]2O)[C@H](O)[C@H]1O. The molecular formula is C15H26O13. The Morgan fingerprint density at radius 1 is 0.929 bits per heavy atom. The minimum absolute atomic E-state index is 0.0361. The molecule has 2 rings (SSSR count). The van der Waals surface area contributed by atoms with Gasteiger partial charge in [-0.25, -0.2) is 0 Å². The molecule has 0 aromatic rings. The van der Waals surface area contributed by atoms with Crippen molar-refractivity contribution in [2.24, 2.45) is 0 Å². The normalized spacial score (nSPS) is 42.6. The van der Waals surface area contributed by atoms with Crippen LogP contribution in [0.5, 0.6) is 0 Å². The summed E-state index contributed by atoms with van der Waals surface area (Å²) in [5, 5.41) is 77.5. The summed E-state index contributed by atoms with van der Waals surface area (Å²) < 4.78 is 20.7. The van der Waals surface area contributed by atoms with Gasteiger partial charge in [0.05, 0.1) is 19.8 Å². The molecular weight excluding hydrogens is 388 g/mol. The molecule has 2 heterocycles. The highest BCUT2D eigenvalue weighted by molar-refractivity contribution is 5.56. The Balaban J connectivity index is 1.93. The highest BCUT2D eigenvalue weighted by Crippen LogP contribution is 2.25. The number of carbonyl (C=O) groups excluding carboxylic acids is 1. The third-order valence-corrected chi connectivity index (χ3v) is 4.56. The number of hydrogen-bond donors (Lipinski definition) is 8. The predicted molar refractivity (Wildman–Crippen MR) is 84.4 cm³/mol. The molecule has 0 aliphatic carbocycles. The molecule has 0 amide bonds. The van der Waals surface area contributed by atoms with Crippen molar-refractivity contribution in [2.45, 2.75) is 67.5 Å². The van der Waals surface area contributed by atoms with Crippen molar-refractivity contribution in [3.8, 4) is 0 Å². The van der Waals surface area contributed by atoms with Crippen molar-refractivity contribution < 1.29 is 64.6 Å². The number of aliphatic hydroxyl groups is 8. The van der Waals surface area contributed by atoms with E-state index in [1.165, 1.54) is 0 Å². The van der Waals surface area contributed by atoms with Crippen LogP contribution >= 0.6 is 0 Å². The van der Waals surface area contributed by atoms with Crippen LogP contribution in [0.15, 0.2) is 0 Å². The van der Waals surface area contributed by atoms with E-state index in [4.69, 9.17) is 18.9 Å². The first-order valence-corrected chi connectivity index (χ1v) is 8.58. The number of rotatable bonds is 8. The van der Waals surface area contributed by atoms with Crippen LogP contribution in [0.1, 0.15) is 0 Å². The summed E-state index contributed by atoms with van der Waals surface area (Å²) in [4.78, 5) is 10.5. The summed E-state index contributed by atoms with van der Waals surface area (Å²) in [7, 11) is 0. The summed E-state index contributed by atoms with van der Waals surface area (Å²) in [6, 6.07) is 0. The van der Waals surface area contributed by atoms with Crippen LogP contribution in [0.4, 0.5) is 0 Å². The van der Waals surface area contributed by atoms with Gasteiger partial charge >= 0.3 is 0 Å². The summed E-state index contributed by atoms with van der Waals surface area (Å²) in [6.07, 6.45) is -17.1. The fourth-order valence-electron chi connectivity index (χ4n) is 2.78. The number of aliphatic hydroxyl groups excluding tert-OH is 8. The molecule has 2 fully saturated rings. The van der Waals surface area contributed by atoms with Crippen LogP contribution in [0, 0.1) is 0 Å². The lowest BCUT2D eigenvalue weighted by Gasteiger charge is -2.42. The molecule has 0 saturated carbocycles. The highest BCUT2D eigenvalue weighted by atomic mass is 16.7. The Kier molecular flexibility index (Phi) is 8.62. The van der Waals surface area contributed by atoms with Crippen LogP contribution in [0.25, 0.3) is 0 Å². The number of aldehydes is 1. The Hall–Kier alpha value is -0.810. The molecule has 0 spiro atoms. The maximum atomic E-state index is 10.5. The van der Waals surface area contributed by atoms with Gasteiger partial charge in [0.25, 0.3) is 0 Å². The molecule has 11 atom stereocenters. The van der Waals surface area contributed by atoms with Gasteiger partial charge in [-0.1, -0.05) is 0 Å². The lowest BCUT2D eigenvalue weighted by molar-refractivity contribution is -0.336. The van der Waals surface area contributed by atoms with Gasteiger partial charge in [0.15, 0.2) is 18.9 Å². The van der Waals surface area contributed by atoms with Crippen molar-refractivity contribution in [3.63, 3.8) is 0 Å². The maximum Gasteiger partial charge on any atom is 0.186 e.